The maximum absolute atomic E-state index is 13.5. The molecule has 2 aromatic rings. The van der Waals surface area contributed by atoms with E-state index in [-0.39, 0.29) is 25.1 Å². The topological polar surface area (TPSA) is 52.5 Å². The van der Waals surface area contributed by atoms with Gasteiger partial charge >= 0.3 is 0 Å². The molecule has 0 saturated heterocycles. The third kappa shape index (κ3) is 4.25. The highest BCUT2D eigenvalue weighted by molar-refractivity contribution is 6.30. The summed E-state index contributed by atoms with van der Waals surface area (Å²) in [7, 11) is 0. The Kier molecular flexibility index (Phi) is 5.70. The van der Waals surface area contributed by atoms with Crippen LogP contribution < -0.4 is 5.32 Å². The summed E-state index contributed by atoms with van der Waals surface area (Å²) in [6.07, 6.45) is 0. The lowest BCUT2D eigenvalue weighted by molar-refractivity contribution is 0.165. The molecule has 0 heterocycles. The molecule has 0 saturated carbocycles. The second-order valence-electron chi connectivity index (χ2n) is 4.77. The van der Waals surface area contributed by atoms with Crippen molar-refractivity contribution in [2.75, 3.05) is 13.2 Å². The van der Waals surface area contributed by atoms with Gasteiger partial charge in [0.15, 0.2) is 0 Å². The fourth-order valence-corrected chi connectivity index (χ4v) is 2.35. The van der Waals surface area contributed by atoms with Gasteiger partial charge in [-0.3, -0.25) is 5.32 Å². The Labute approximate surface area is 128 Å². The molecule has 3 nitrogen and oxygen atoms in total. The zero-order valence-corrected chi connectivity index (χ0v) is 12.1. The van der Waals surface area contributed by atoms with Gasteiger partial charge in [0.2, 0.25) is 0 Å². The van der Waals surface area contributed by atoms with Crippen molar-refractivity contribution in [1.29, 1.82) is 0 Å². The average molecular weight is 310 g/mol. The van der Waals surface area contributed by atoms with Gasteiger partial charge in [0.25, 0.3) is 0 Å². The van der Waals surface area contributed by atoms with Gasteiger partial charge in [0.1, 0.15) is 5.82 Å². The lowest BCUT2D eigenvalue weighted by Gasteiger charge is -2.24. The Bertz CT molecular complexity index is 544. The van der Waals surface area contributed by atoms with Crippen LogP contribution in [0.4, 0.5) is 4.39 Å². The summed E-state index contributed by atoms with van der Waals surface area (Å²) >= 11 is 6.01. The molecule has 0 aromatic heterocycles. The van der Waals surface area contributed by atoms with Gasteiger partial charge in [-0.25, -0.2) is 4.39 Å². The van der Waals surface area contributed by atoms with Crippen molar-refractivity contribution in [3.63, 3.8) is 0 Å². The fourth-order valence-electron chi connectivity index (χ4n) is 2.16. The highest BCUT2D eigenvalue weighted by Gasteiger charge is 2.18. The molecule has 0 bridgehead atoms. The third-order valence-electron chi connectivity index (χ3n) is 3.21. The molecule has 0 amide bonds. The van der Waals surface area contributed by atoms with Crippen molar-refractivity contribution >= 4 is 11.6 Å². The molecule has 21 heavy (non-hydrogen) atoms. The van der Waals surface area contributed by atoms with Crippen molar-refractivity contribution < 1.29 is 14.6 Å². The predicted molar refractivity (Wildman–Crippen MR) is 80.8 cm³/mol. The summed E-state index contributed by atoms with van der Waals surface area (Å²) in [5, 5.41) is 22.2. The standard InChI is InChI=1S/C16H17ClFNO2/c17-13-5-1-3-11(7-13)16(19-15(9-20)10-21)12-4-2-6-14(18)8-12/h1-8,15-16,19-21H,9-10H2. The number of aliphatic hydroxyl groups excluding tert-OH is 2. The largest absolute Gasteiger partial charge is 0.395 e. The highest BCUT2D eigenvalue weighted by Crippen LogP contribution is 2.25. The Balaban J connectivity index is 2.38. The lowest BCUT2D eigenvalue weighted by Crippen LogP contribution is -2.39. The van der Waals surface area contributed by atoms with Gasteiger partial charge in [-0.1, -0.05) is 35.9 Å². The number of halogens is 2. The molecule has 0 aliphatic rings. The van der Waals surface area contributed by atoms with Gasteiger partial charge in [0.05, 0.1) is 25.3 Å². The minimum atomic E-state index is -0.503. The number of aliphatic hydroxyl groups is 2. The molecule has 0 aliphatic carbocycles. The van der Waals surface area contributed by atoms with E-state index in [1.165, 1.54) is 12.1 Å². The van der Waals surface area contributed by atoms with Crippen LogP contribution in [-0.2, 0) is 0 Å². The van der Waals surface area contributed by atoms with Crippen LogP contribution in [-0.4, -0.2) is 29.5 Å². The first-order valence-electron chi connectivity index (χ1n) is 6.62. The van der Waals surface area contributed by atoms with Gasteiger partial charge in [-0.05, 0) is 35.4 Å². The molecule has 0 aliphatic heterocycles. The third-order valence-corrected chi connectivity index (χ3v) is 3.44. The van der Waals surface area contributed by atoms with Crippen molar-refractivity contribution in [3.8, 4) is 0 Å². The molecule has 0 spiro atoms. The first-order valence-corrected chi connectivity index (χ1v) is 7.00. The van der Waals surface area contributed by atoms with Crippen LogP contribution in [0.3, 0.4) is 0 Å². The SMILES string of the molecule is OCC(CO)NC(c1cccc(F)c1)c1cccc(Cl)c1. The minimum Gasteiger partial charge on any atom is -0.395 e. The van der Waals surface area contributed by atoms with Crippen LogP contribution in [0.15, 0.2) is 48.5 Å². The second kappa shape index (κ2) is 7.52. The monoisotopic (exact) mass is 309 g/mol. The van der Waals surface area contributed by atoms with Crippen LogP contribution in [0.25, 0.3) is 0 Å². The van der Waals surface area contributed by atoms with Crippen LogP contribution in [0.1, 0.15) is 17.2 Å². The maximum Gasteiger partial charge on any atom is 0.123 e. The number of benzene rings is 2. The quantitative estimate of drug-likeness (QED) is 0.768. The van der Waals surface area contributed by atoms with Crippen LogP contribution in [0, 0.1) is 5.82 Å². The van der Waals surface area contributed by atoms with Crippen molar-refractivity contribution in [3.05, 3.63) is 70.5 Å². The maximum atomic E-state index is 13.5. The molecule has 1 unspecified atom stereocenters. The van der Waals surface area contributed by atoms with E-state index in [0.717, 1.165) is 5.56 Å². The van der Waals surface area contributed by atoms with E-state index < -0.39 is 6.04 Å². The van der Waals surface area contributed by atoms with E-state index in [4.69, 9.17) is 11.6 Å². The van der Waals surface area contributed by atoms with E-state index in [0.29, 0.717) is 10.6 Å². The number of hydrogen-bond donors (Lipinski definition) is 3. The molecule has 0 fully saturated rings. The zero-order chi connectivity index (χ0) is 15.2. The van der Waals surface area contributed by atoms with Gasteiger partial charge in [-0.15, -0.1) is 0 Å². The smallest absolute Gasteiger partial charge is 0.123 e. The zero-order valence-electron chi connectivity index (χ0n) is 11.3. The van der Waals surface area contributed by atoms with Gasteiger partial charge in [-0.2, -0.15) is 0 Å². The van der Waals surface area contributed by atoms with Crippen LogP contribution in [0.5, 0.6) is 0 Å². The van der Waals surface area contributed by atoms with E-state index >= 15 is 0 Å². The number of rotatable bonds is 6. The summed E-state index contributed by atoms with van der Waals surface area (Å²) < 4.78 is 13.5. The number of nitrogens with one attached hydrogen (secondary N) is 1. The molecule has 0 radical (unpaired) electrons. The highest BCUT2D eigenvalue weighted by atomic mass is 35.5. The van der Waals surface area contributed by atoms with Crippen LogP contribution in [0.2, 0.25) is 5.02 Å². The number of hydrogen-bond acceptors (Lipinski definition) is 3. The summed E-state index contributed by atoms with van der Waals surface area (Å²) in [5.41, 5.74) is 1.53. The Hall–Kier alpha value is -1.46. The molecule has 1 atom stereocenters. The molecule has 2 rings (SSSR count). The Morgan fingerprint density at radius 2 is 1.62 bits per heavy atom. The Morgan fingerprint density at radius 3 is 2.19 bits per heavy atom. The minimum absolute atomic E-state index is 0.219. The second-order valence-corrected chi connectivity index (χ2v) is 5.21. The van der Waals surface area contributed by atoms with E-state index in [1.54, 1.807) is 30.3 Å². The lowest BCUT2D eigenvalue weighted by atomic mass is 9.97. The van der Waals surface area contributed by atoms with Gasteiger partial charge in [0, 0.05) is 5.02 Å². The molecule has 2 aromatic carbocycles. The Morgan fingerprint density at radius 1 is 1.00 bits per heavy atom. The van der Waals surface area contributed by atoms with Crippen molar-refractivity contribution in [2.45, 2.75) is 12.1 Å². The molecule has 5 heteroatoms. The average Bonchev–Trinajstić information content (AvgIpc) is 2.48. The summed E-state index contributed by atoms with van der Waals surface area (Å²) in [5.74, 6) is -0.342. The predicted octanol–water partition coefficient (Wildman–Crippen LogP) is 2.51. The fraction of sp³-hybridized carbons (Fsp3) is 0.250. The summed E-state index contributed by atoms with van der Waals surface area (Å²) in [6.45, 7) is -0.439. The molecule has 112 valence electrons. The molecular weight excluding hydrogens is 293 g/mol. The van der Waals surface area contributed by atoms with E-state index in [9.17, 15) is 14.6 Å². The van der Waals surface area contributed by atoms with E-state index in [1.807, 2.05) is 6.07 Å². The van der Waals surface area contributed by atoms with Crippen molar-refractivity contribution in [2.24, 2.45) is 0 Å². The van der Waals surface area contributed by atoms with Crippen LogP contribution >= 0.6 is 11.6 Å². The first kappa shape index (κ1) is 15.9. The molecule has 3 N–H and O–H groups in total. The van der Waals surface area contributed by atoms with Gasteiger partial charge < -0.3 is 10.2 Å². The summed E-state index contributed by atoms with van der Waals surface area (Å²) in [4.78, 5) is 0. The van der Waals surface area contributed by atoms with Crippen molar-refractivity contribution in [1.82, 2.24) is 5.32 Å². The first-order chi connectivity index (χ1) is 10.1. The van der Waals surface area contributed by atoms with E-state index in [2.05, 4.69) is 5.32 Å². The molecular formula is C16H17ClFNO2. The normalized spacial score (nSPS) is 12.6. The summed E-state index contributed by atoms with van der Waals surface area (Å²) in [6, 6.07) is 12.5.